The Kier molecular flexibility index (Phi) is 3.43. The van der Waals surface area contributed by atoms with Crippen LogP contribution >= 0.6 is 0 Å². The highest BCUT2D eigenvalue weighted by molar-refractivity contribution is 5.91. The molecular weight excluding hydrogens is 232 g/mol. The van der Waals surface area contributed by atoms with Crippen LogP contribution in [0.3, 0.4) is 0 Å². The van der Waals surface area contributed by atoms with Crippen LogP contribution in [-0.4, -0.2) is 27.9 Å². The van der Waals surface area contributed by atoms with Crippen LogP contribution in [0.2, 0.25) is 0 Å². The maximum Gasteiger partial charge on any atom is 0.320 e. The van der Waals surface area contributed by atoms with Crippen LogP contribution in [-0.2, 0) is 16.0 Å². The van der Waals surface area contributed by atoms with Gasteiger partial charge in [-0.15, -0.1) is 0 Å². The van der Waals surface area contributed by atoms with Crippen molar-refractivity contribution in [2.75, 3.05) is 0 Å². The third kappa shape index (κ3) is 2.57. The van der Waals surface area contributed by atoms with Crippen LogP contribution in [0.1, 0.15) is 12.0 Å². The Balaban J connectivity index is 2.10. The van der Waals surface area contributed by atoms with Gasteiger partial charge >= 0.3 is 5.97 Å². The zero-order valence-corrected chi connectivity index (χ0v) is 9.72. The number of ketones is 1. The van der Waals surface area contributed by atoms with Gasteiger partial charge in [-0.25, -0.2) is 0 Å². The topological polar surface area (TPSA) is 96.2 Å². The molecule has 0 amide bonds. The van der Waals surface area contributed by atoms with Crippen LogP contribution in [0.25, 0.3) is 10.9 Å². The first-order valence-electron chi connectivity index (χ1n) is 5.63. The van der Waals surface area contributed by atoms with Gasteiger partial charge in [0, 0.05) is 29.9 Å². The molecule has 0 aliphatic carbocycles. The van der Waals surface area contributed by atoms with Crippen LogP contribution in [0, 0.1) is 0 Å². The van der Waals surface area contributed by atoms with E-state index in [9.17, 15) is 9.59 Å². The summed E-state index contributed by atoms with van der Waals surface area (Å²) in [7, 11) is 0. The Hall–Kier alpha value is -2.14. The van der Waals surface area contributed by atoms with Crippen molar-refractivity contribution in [3.05, 3.63) is 36.0 Å². The summed E-state index contributed by atoms with van der Waals surface area (Å²) in [4.78, 5) is 25.3. The van der Waals surface area contributed by atoms with Crippen molar-refractivity contribution in [2.45, 2.75) is 18.9 Å². The lowest BCUT2D eigenvalue weighted by Crippen LogP contribution is -2.32. The fourth-order valence-corrected chi connectivity index (χ4v) is 1.90. The second-order valence-corrected chi connectivity index (χ2v) is 4.22. The molecule has 5 nitrogen and oxygen atoms in total. The van der Waals surface area contributed by atoms with Gasteiger partial charge < -0.3 is 15.8 Å². The highest BCUT2D eigenvalue weighted by Gasteiger charge is 2.17. The van der Waals surface area contributed by atoms with E-state index >= 15 is 0 Å². The quantitative estimate of drug-likeness (QED) is 0.735. The zero-order chi connectivity index (χ0) is 13.1. The number of carbonyl (C=O) groups is 2. The molecule has 0 aliphatic rings. The van der Waals surface area contributed by atoms with Crippen molar-refractivity contribution in [1.82, 2.24) is 4.98 Å². The number of hydrogen-bond acceptors (Lipinski definition) is 3. The largest absolute Gasteiger partial charge is 0.480 e. The number of carboxylic acids is 1. The first-order chi connectivity index (χ1) is 8.58. The van der Waals surface area contributed by atoms with Gasteiger partial charge in [-0.1, -0.05) is 18.2 Å². The molecule has 2 aromatic rings. The molecule has 1 aromatic carbocycles. The Morgan fingerprint density at radius 2 is 2.06 bits per heavy atom. The van der Waals surface area contributed by atoms with Gasteiger partial charge in [0.05, 0.1) is 0 Å². The second kappa shape index (κ2) is 5.01. The normalized spacial score (nSPS) is 12.5. The van der Waals surface area contributed by atoms with Gasteiger partial charge in [-0.05, 0) is 11.6 Å². The number of aliphatic carboxylic acids is 1. The molecule has 0 spiro atoms. The van der Waals surface area contributed by atoms with E-state index in [-0.39, 0.29) is 18.6 Å². The molecule has 18 heavy (non-hydrogen) atoms. The van der Waals surface area contributed by atoms with Gasteiger partial charge in [-0.2, -0.15) is 0 Å². The SMILES string of the molecule is NC(CC(=O)Cc1c[nH]c2ccccc12)C(=O)O. The number of carbonyl (C=O) groups excluding carboxylic acids is 1. The number of nitrogens with one attached hydrogen (secondary N) is 1. The van der Waals surface area contributed by atoms with Crippen molar-refractivity contribution >= 4 is 22.7 Å². The van der Waals surface area contributed by atoms with Crippen LogP contribution in [0.5, 0.6) is 0 Å². The van der Waals surface area contributed by atoms with E-state index in [1.807, 2.05) is 24.3 Å². The number of para-hydroxylation sites is 1. The molecule has 94 valence electrons. The van der Waals surface area contributed by atoms with Gasteiger partial charge in [0.1, 0.15) is 11.8 Å². The van der Waals surface area contributed by atoms with Crippen molar-refractivity contribution in [3.8, 4) is 0 Å². The van der Waals surface area contributed by atoms with Crippen molar-refractivity contribution in [2.24, 2.45) is 5.73 Å². The summed E-state index contributed by atoms with van der Waals surface area (Å²) >= 11 is 0. The molecule has 0 bridgehead atoms. The molecule has 5 heteroatoms. The fourth-order valence-electron chi connectivity index (χ4n) is 1.90. The van der Waals surface area contributed by atoms with Gasteiger partial charge in [0.25, 0.3) is 0 Å². The zero-order valence-electron chi connectivity index (χ0n) is 9.72. The number of carboxylic acid groups (broad SMARTS) is 1. The average molecular weight is 246 g/mol. The smallest absolute Gasteiger partial charge is 0.320 e. The summed E-state index contributed by atoms with van der Waals surface area (Å²) in [6.07, 6.45) is 1.83. The van der Waals surface area contributed by atoms with E-state index in [2.05, 4.69) is 4.98 Å². The van der Waals surface area contributed by atoms with Crippen LogP contribution in [0.4, 0.5) is 0 Å². The molecule has 1 unspecified atom stereocenters. The highest BCUT2D eigenvalue weighted by atomic mass is 16.4. The summed E-state index contributed by atoms with van der Waals surface area (Å²) < 4.78 is 0. The lowest BCUT2D eigenvalue weighted by atomic mass is 10.0. The van der Waals surface area contributed by atoms with E-state index < -0.39 is 12.0 Å². The number of hydrogen-bond donors (Lipinski definition) is 3. The predicted octanol–water partition coefficient (Wildman–Crippen LogP) is 1.08. The molecular formula is C13H14N2O3. The molecule has 1 atom stereocenters. The minimum absolute atomic E-state index is 0.144. The molecule has 1 heterocycles. The summed E-state index contributed by atoms with van der Waals surface area (Å²) in [5, 5.41) is 9.63. The summed E-state index contributed by atoms with van der Waals surface area (Å²) in [5.74, 6) is -1.32. The van der Waals surface area contributed by atoms with E-state index in [0.717, 1.165) is 16.5 Å². The van der Waals surface area contributed by atoms with E-state index in [1.165, 1.54) is 0 Å². The molecule has 0 aliphatic heterocycles. The predicted molar refractivity (Wildman–Crippen MR) is 67.2 cm³/mol. The number of H-pyrrole nitrogens is 1. The first-order valence-corrected chi connectivity index (χ1v) is 5.63. The van der Waals surface area contributed by atoms with E-state index in [1.54, 1.807) is 6.20 Å². The fraction of sp³-hybridized carbons (Fsp3) is 0.231. The minimum Gasteiger partial charge on any atom is -0.480 e. The van der Waals surface area contributed by atoms with Crippen molar-refractivity contribution in [1.29, 1.82) is 0 Å². The first kappa shape index (κ1) is 12.3. The number of aromatic nitrogens is 1. The lowest BCUT2D eigenvalue weighted by Gasteiger charge is -2.04. The van der Waals surface area contributed by atoms with E-state index in [4.69, 9.17) is 10.8 Å². The maximum atomic E-state index is 11.7. The van der Waals surface area contributed by atoms with E-state index in [0.29, 0.717) is 0 Å². The molecule has 0 saturated heterocycles. The molecule has 2 rings (SSSR count). The Labute approximate surface area is 104 Å². The van der Waals surface area contributed by atoms with Gasteiger partial charge in [0.15, 0.2) is 0 Å². The number of nitrogens with two attached hydrogens (primary N) is 1. The number of Topliss-reactive ketones (excluding diaryl/α,β-unsaturated/α-hetero) is 1. The van der Waals surface area contributed by atoms with Crippen LogP contribution in [0.15, 0.2) is 30.5 Å². The number of aromatic amines is 1. The Morgan fingerprint density at radius 3 is 2.78 bits per heavy atom. The molecule has 0 fully saturated rings. The highest BCUT2D eigenvalue weighted by Crippen LogP contribution is 2.18. The average Bonchev–Trinajstić information content (AvgIpc) is 2.72. The van der Waals surface area contributed by atoms with Crippen molar-refractivity contribution in [3.63, 3.8) is 0 Å². The minimum atomic E-state index is -1.15. The van der Waals surface area contributed by atoms with Gasteiger partial charge in [0.2, 0.25) is 0 Å². The Morgan fingerprint density at radius 1 is 1.33 bits per heavy atom. The molecule has 4 N–H and O–H groups in total. The molecule has 1 aromatic heterocycles. The molecule has 0 saturated carbocycles. The number of rotatable bonds is 5. The lowest BCUT2D eigenvalue weighted by molar-refractivity contribution is -0.140. The van der Waals surface area contributed by atoms with Crippen LogP contribution < -0.4 is 5.73 Å². The third-order valence-electron chi connectivity index (χ3n) is 2.83. The third-order valence-corrected chi connectivity index (χ3v) is 2.83. The van der Waals surface area contributed by atoms with Gasteiger partial charge in [-0.3, -0.25) is 9.59 Å². The summed E-state index contributed by atoms with van der Waals surface area (Å²) in [6, 6.07) is 6.53. The second-order valence-electron chi connectivity index (χ2n) is 4.22. The molecule has 0 radical (unpaired) electrons. The standard InChI is InChI=1S/C13H14N2O3/c14-11(13(17)18)6-9(16)5-8-7-15-12-4-2-1-3-10(8)12/h1-4,7,11,15H,5-6,14H2,(H,17,18). The Bertz CT molecular complexity index is 589. The monoisotopic (exact) mass is 246 g/mol. The summed E-state index contributed by atoms with van der Waals surface area (Å²) in [6.45, 7) is 0. The number of benzene rings is 1. The number of fused-ring (bicyclic) bond motifs is 1. The maximum absolute atomic E-state index is 11.7. The van der Waals surface area contributed by atoms with Crippen molar-refractivity contribution < 1.29 is 14.7 Å². The summed E-state index contributed by atoms with van der Waals surface area (Å²) in [5.41, 5.74) is 7.16.